The highest BCUT2D eigenvalue weighted by molar-refractivity contribution is 5.23. The van der Waals surface area contributed by atoms with E-state index in [2.05, 4.69) is 15.5 Å². The van der Waals surface area contributed by atoms with Gasteiger partial charge in [0.05, 0.1) is 0 Å². The highest BCUT2D eigenvalue weighted by Gasteiger charge is 2.14. The Balaban J connectivity index is 1.91. The van der Waals surface area contributed by atoms with Gasteiger partial charge in [0.25, 0.3) is 0 Å². The normalized spacial score (nSPS) is 11.3. The van der Waals surface area contributed by atoms with Crippen LogP contribution in [0.2, 0.25) is 0 Å². The molecule has 0 radical (unpaired) electrons. The fourth-order valence-corrected chi connectivity index (χ4v) is 1.35. The van der Waals surface area contributed by atoms with Crippen LogP contribution in [0.4, 0.5) is 6.01 Å². The Labute approximate surface area is 106 Å². The van der Waals surface area contributed by atoms with Gasteiger partial charge in [0.1, 0.15) is 5.75 Å². The SMILES string of the molecule is CC(C)(C)Nc1nc(COc2ccccc2)no1. The van der Waals surface area contributed by atoms with Crippen LogP contribution in [0, 0.1) is 0 Å². The van der Waals surface area contributed by atoms with Gasteiger partial charge in [-0.2, -0.15) is 4.98 Å². The second-order valence-electron chi connectivity index (χ2n) is 4.99. The molecule has 0 fully saturated rings. The van der Waals surface area contributed by atoms with Crippen LogP contribution in [0.15, 0.2) is 34.9 Å². The molecule has 0 aliphatic rings. The van der Waals surface area contributed by atoms with E-state index in [1.165, 1.54) is 0 Å². The van der Waals surface area contributed by atoms with E-state index in [-0.39, 0.29) is 5.54 Å². The van der Waals surface area contributed by atoms with E-state index in [0.29, 0.717) is 18.4 Å². The van der Waals surface area contributed by atoms with Gasteiger partial charge in [-0.3, -0.25) is 0 Å². The number of hydrogen-bond acceptors (Lipinski definition) is 5. The number of nitrogens with zero attached hydrogens (tertiary/aromatic N) is 2. The van der Waals surface area contributed by atoms with Gasteiger partial charge in [0.15, 0.2) is 6.61 Å². The van der Waals surface area contributed by atoms with Gasteiger partial charge in [-0.15, -0.1) is 0 Å². The first kappa shape index (κ1) is 12.4. The van der Waals surface area contributed by atoms with Crippen LogP contribution in [-0.2, 0) is 6.61 Å². The summed E-state index contributed by atoms with van der Waals surface area (Å²) >= 11 is 0. The zero-order chi connectivity index (χ0) is 13.0. The predicted octanol–water partition coefficient (Wildman–Crippen LogP) is 2.86. The molecule has 96 valence electrons. The molecule has 0 unspecified atom stereocenters. The summed E-state index contributed by atoms with van der Waals surface area (Å²) in [5.74, 6) is 1.30. The maximum atomic E-state index is 5.52. The van der Waals surface area contributed by atoms with Gasteiger partial charge in [0, 0.05) is 5.54 Å². The molecule has 0 atom stereocenters. The fraction of sp³-hybridized carbons (Fsp3) is 0.385. The highest BCUT2D eigenvalue weighted by Crippen LogP contribution is 2.14. The maximum Gasteiger partial charge on any atom is 0.322 e. The predicted molar refractivity (Wildman–Crippen MR) is 68.4 cm³/mol. The number of anilines is 1. The van der Waals surface area contributed by atoms with Crippen molar-refractivity contribution in [2.24, 2.45) is 0 Å². The minimum Gasteiger partial charge on any atom is -0.485 e. The lowest BCUT2D eigenvalue weighted by Crippen LogP contribution is -2.26. The van der Waals surface area contributed by atoms with Crippen molar-refractivity contribution in [1.29, 1.82) is 0 Å². The van der Waals surface area contributed by atoms with Crippen LogP contribution >= 0.6 is 0 Å². The van der Waals surface area contributed by atoms with Crippen LogP contribution < -0.4 is 10.1 Å². The Bertz CT molecular complexity index is 488. The number of rotatable bonds is 4. The number of hydrogen-bond donors (Lipinski definition) is 1. The minimum absolute atomic E-state index is 0.107. The first-order chi connectivity index (χ1) is 8.53. The quantitative estimate of drug-likeness (QED) is 0.900. The largest absolute Gasteiger partial charge is 0.485 e. The zero-order valence-electron chi connectivity index (χ0n) is 10.8. The van der Waals surface area contributed by atoms with Gasteiger partial charge in [-0.05, 0) is 32.9 Å². The smallest absolute Gasteiger partial charge is 0.322 e. The van der Waals surface area contributed by atoms with Gasteiger partial charge in [-0.1, -0.05) is 23.4 Å². The summed E-state index contributed by atoms with van der Waals surface area (Å²) in [6.07, 6.45) is 0. The molecule has 1 aromatic carbocycles. The summed E-state index contributed by atoms with van der Waals surface area (Å²) in [6.45, 7) is 6.37. The van der Waals surface area contributed by atoms with Crippen molar-refractivity contribution in [2.45, 2.75) is 32.9 Å². The number of ether oxygens (including phenoxy) is 1. The highest BCUT2D eigenvalue weighted by atomic mass is 16.5. The number of benzene rings is 1. The Morgan fingerprint density at radius 2 is 1.94 bits per heavy atom. The zero-order valence-corrected chi connectivity index (χ0v) is 10.8. The van der Waals surface area contributed by atoms with E-state index in [9.17, 15) is 0 Å². The monoisotopic (exact) mass is 247 g/mol. The molecule has 1 N–H and O–H groups in total. The summed E-state index contributed by atoms with van der Waals surface area (Å²) in [5.41, 5.74) is -0.107. The molecule has 2 rings (SSSR count). The second-order valence-corrected chi connectivity index (χ2v) is 4.99. The van der Waals surface area contributed by atoms with Crippen LogP contribution in [0.3, 0.4) is 0 Å². The molecule has 5 nitrogen and oxygen atoms in total. The van der Waals surface area contributed by atoms with Gasteiger partial charge in [0.2, 0.25) is 5.82 Å². The van der Waals surface area contributed by atoms with E-state index in [4.69, 9.17) is 9.26 Å². The van der Waals surface area contributed by atoms with Crippen LogP contribution in [0.25, 0.3) is 0 Å². The van der Waals surface area contributed by atoms with Crippen LogP contribution in [0.5, 0.6) is 5.75 Å². The fourth-order valence-electron chi connectivity index (χ4n) is 1.35. The third kappa shape index (κ3) is 3.76. The van der Waals surface area contributed by atoms with E-state index in [0.717, 1.165) is 5.75 Å². The van der Waals surface area contributed by atoms with Gasteiger partial charge in [-0.25, -0.2) is 0 Å². The molecule has 0 amide bonds. The standard InChI is InChI=1S/C13H17N3O2/c1-13(2,3)15-12-14-11(16-18-12)9-17-10-7-5-4-6-8-10/h4-8H,9H2,1-3H3,(H,14,15,16). The molecule has 0 aliphatic carbocycles. The third-order valence-corrected chi connectivity index (χ3v) is 2.06. The molecule has 0 saturated carbocycles. The molecule has 1 heterocycles. The van der Waals surface area contributed by atoms with Crippen molar-refractivity contribution >= 4 is 6.01 Å². The molecular formula is C13H17N3O2. The lowest BCUT2D eigenvalue weighted by atomic mass is 10.1. The minimum atomic E-state index is -0.107. The van der Waals surface area contributed by atoms with Crippen molar-refractivity contribution in [2.75, 3.05) is 5.32 Å². The Morgan fingerprint density at radius 3 is 2.61 bits per heavy atom. The molecule has 0 spiro atoms. The van der Waals surface area contributed by atoms with E-state index in [1.807, 2.05) is 51.1 Å². The Morgan fingerprint density at radius 1 is 1.22 bits per heavy atom. The first-order valence-corrected chi connectivity index (χ1v) is 5.81. The second kappa shape index (κ2) is 5.08. The third-order valence-electron chi connectivity index (χ3n) is 2.06. The summed E-state index contributed by atoms with van der Waals surface area (Å²) in [5, 5.41) is 6.95. The summed E-state index contributed by atoms with van der Waals surface area (Å²) in [4.78, 5) is 4.20. The lowest BCUT2D eigenvalue weighted by Gasteiger charge is -2.17. The molecule has 1 aromatic heterocycles. The number of aromatic nitrogens is 2. The first-order valence-electron chi connectivity index (χ1n) is 5.81. The van der Waals surface area contributed by atoms with Crippen molar-refractivity contribution in [3.05, 3.63) is 36.2 Å². The molecular weight excluding hydrogens is 230 g/mol. The molecule has 5 heteroatoms. The molecule has 0 aliphatic heterocycles. The van der Waals surface area contributed by atoms with Crippen molar-refractivity contribution in [1.82, 2.24) is 10.1 Å². The molecule has 0 bridgehead atoms. The lowest BCUT2D eigenvalue weighted by molar-refractivity contribution is 0.287. The van der Waals surface area contributed by atoms with E-state index < -0.39 is 0 Å². The van der Waals surface area contributed by atoms with Crippen molar-refractivity contribution < 1.29 is 9.26 Å². The summed E-state index contributed by atoms with van der Waals surface area (Å²) in [7, 11) is 0. The Kier molecular flexibility index (Phi) is 3.50. The van der Waals surface area contributed by atoms with Crippen LogP contribution in [-0.4, -0.2) is 15.7 Å². The van der Waals surface area contributed by atoms with E-state index in [1.54, 1.807) is 0 Å². The topological polar surface area (TPSA) is 60.2 Å². The van der Waals surface area contributed by atoms with Crippen LogP contribution in [0.1, 0.15) is 26.6 Å². The van der Waals surface area contributed by atoms with Crippen molar-refractivity contribution in [3.63, 3.8) is 0 Å². The van der Waals surface area contributed by atoms with E-state index >= 15 is 0 Å². The van der Waals surface area contributed by atoms with Gasteiger partial charge >= 0.3 is 6.01 Å². The average molecular weight is 247 g/mol. The number of para-hydroxylation sites is 1. The molecule has 2 aromatic rings. The average Bonchev–Trinajstić information content (AvgIpc) is 2.73. The maximum absolute atomic E-state index is 5.52. The summed E-state index contributed by atoms with van der Waals surface area (Å²) in [6, 6.07) is 9.94. The molecule has 0 saturated heterocycles. The van der Waals surface area contributed by atoms with Crippen molar-refractivity contribution in [3.8, 4) is 5.75 Å². The van der Waals surface area contributed by atoms with Gasteiger partial charge < -0.3 is 14.6 Å². The Hall–Kier alpha value is -2.04. The summed E-state index contributed by atoms with van der Waals surface area (Å²) < 4.78 is 10.6. The number of nitrogens with one attached hydrogen (secondary N) is 1. The molecule has 18 heavy (non-hydrogen) atoms.